The molecular weight excluding hydrogens is 414 g/mol. The maximum atomic E-state index is 12.9. The average molecular weight is 442 g/mol. The first-order chi connectivity index (χ1) is 14.7. The van der Waals surface area contributed by atoms with E-state index in [2.05, 4.69) is 5.10 Å². The first kappa shape index (κ1) is 22.6. The van der Waals surface area contributed by atoms with Gasteiger partial charge in [-0.2, -0.15) is 5.10 Å². The molecule has 0 unspecified atom stereocenters. The van der Waals surface area contributed by atoms with Crippen LogP contribution in [0.2, 0.25) is 0 Å². The number of hydrogen-bond donors (Lipinski definition) is 0. The minimum absolute atomic E-state index is 0.0606. The van der Waals surface area contributed by atoms with Gasteiger partial charge in [0.2, 0.25) is 15.9 Å². The molecule has 0 saturated heterocycles. The van der Waals surface area contributed by atoms with Crippen molar-refractivity contribution in [3.05, 3.63) is 77.1 Å². The molecule has 0 atom stereocenters. The predicted molar refractivity (Wildman–Crippen MR) is 121 cm³/mol. The minimum atomic E-state index is -3.78. The van der Waals surface area contributed by atoms with Gasteiger partial charge in [-0.05, 0) is 43.5 Å². The van der Waals surface area contributed by atoms with Gasteiger partial charge in [0, 0.05) is 13.5 Å². The number of nitrogens with zero attached hydrogens (tertiary/aromatic N) is 3. The highest BCUT2D eigenvalue weighted by molar-refractivity contribution is 7.92. The summed E-state index contributed by atoms with van der Waals surface area (Å²) in [5.41, 5.74) is 3.46. The highest BCUT2D eigenvalue weighted by Gasteiger charge is 2.30. The third kappa shape index (κ3) is 5.52. The van der Waals surface area contributed by atoms with Crippen molar-refractivity contribution in [3.63, 3.8) is 0 Å². The number of carbonyl (C=O) groups is 1. The van der Waals surface area contributed by atoms with Crippen molar-refractivity contribution in [1.82, 2.24) is 9.78 Å². The van der Waals surface area contributed by atoms with Gasteiger partial charge in [0.1, 0.15) is 18.0 Å². The standard InChI is InChI=1S/C23H27N3O4S/c1-17-23(18(2)25(3)24-17)26(31(4,28)29)22(27)15-12-19-10-13-21(14-11-19)30-16-20-8-6-5-7-9-20/h5-11,13-14H,12,15-16H2,1-4H3. The fourth-order valence-electron chi connectivity index (χ4n) is 3.38. The summed E-state index contributed by atoms with van der Waals surface area (Å²) in [5, 5.41) is 4.24. The van der Waals surface area contributed by atoms with E-state index in [1.807, 2.05) is 54.6 Å². The van der Waals surface area contributed by atoms with Crippen LogP contribution in [0.5, 0.6) is 5.75 Å². The molecule has 7 nitrogen and oxygen atoms in total. The molecule has 0 saturated carbocycles. The van der Waals surface area contributed by atoms with Crippen LogP contribution in [0.1, 0.15) is 28.9 Å². The molecule has 0 bridgehead atoms. The summed E-state index contributed by atoms with van der Waals surface area (Å²) >= 11 is 0. The zero-order chi connectivity index (χ0) is 22.6. The zero-order valence-electron chi connectivity index (χ0n) is 18.2. The Balaban J connectivity index is 1.65. The first-order valence-corrected chi connectivity index (χ1v) is 11.8. The van der Waals surface area contributed by atoms with E-state index in [-0.39, 0.29) is 6.42 Å². The van der Waals surface area contributed by atoms with Crippen LogP contribution in [0.25, 0.3) is 0 Å². The fraction of sp³-hybridized carbons (Fsp3) is 0.304. The van der Waals surface area contributed by atoms with Gasteiger partial charge in [0.25, 0.3) is 0 Å². The second-order valence-electron chi connectivity index (χ2n) is 7.48. The SMILES string of the molecule is Cc1nn(C)c(C)c1N(C(=O)CCc1ccc(OCc2ccccc2)cc1)S(C)(=O)=O. The summed E-state index contributed by atoms with van der Waals surface area (Å²) < 4.78 is 33.0. The van der Waals surface area contributed by atoms with E-state index >= 15 is 0 Å². The maximum absolute atomic E-state index is 12.9. The lowest BCUT2D eigenvalue weighted by Crippen LogP contribution is -2.37. The van der Waals surface area contributed by atoms with Crippen molar-refractivity contribution in [2.45, 2.75) is 33.3 Å². The van der Waals surface area contributed by atoms with Crippen LogP contribution < -0.4 is 9.04 Å². The molecule has 8 heteroatoms. The molecule has 0 aliphatic carbocycles. The van der Waals surface area contributed by atoms with Gasteiger partial charge in [-0.1, -0.05) is 42.5 Å². The van der Waals surface area contributed by atoms with Gasteiger partial charge in [-0.3, -0.25) is 9.48 Å². The van der Waals surface area contributed by atoms with Gasteiger partial charge < -0.3 is 4.74 Å². The largest absolute Gasteiger partial charge is 0.489 e. The molecule has 3 aromatic rings. The van der Waals surface area contributed by atoms with Crippen molar-refractivity contribution in [1.29, 1.82) is 0 Å². The Bertz CT molecular complexity index is 1150. The van der Waals surface area contributed by atoms with Crippen molar-refractivity contribution in [3.8, 4) is 5.75 Å². The number of carbonyl (C=O) groups excluding carboxylic acids is 1. The van der Waals surface area contributed by atoms with Crippen LogP contribution in [0.3, 0.4) is 0 Å². The summed E-state index contributed by atoms with van der Waals surface area (Å²) in [6, 6.07) is 17.4. The second-order valence-corrected chi connectivity index (χ2v) is 9.31. The Hall–Kier alpha value is -3.13. The molecule has 0 radical (unpaired) electrons. The Morgan fingerprint density at radius 2 is 1.68 bits per heavy atom. The van der Waals surface area contributed by atoms with Gasteiger partial charge in [-0.15, -0.1) is 0 Å². The number of ether oxygens (including phenoxy) is 1. The molecule has 0 N–H and O–H groups in total. The summed E-state index contributed by atoms with van der Waals surface area (Å²) in [5.74, 6) is 0.254. The van der Waals surface area contributed by atoms with E-state index in [4.69, 9.17) is 4.74 Å². The first-order valence-electron chi connectivity index (χ1n) is 9.96. The van der Waals surface area contributed by atoms with Crippen LogP contribution in [0, 0.1) is 13.8 Å². The molecule has 1 aromatic heterocycles. The summed E-state index contributed by atoms with van der Waals surface area (Å²) in [6.45, 7) is 3.92. The van der Waals surface area contributed by atoms with E-state index in [1.54, 1.807) is 25.6 Å². The Kier molecular flexibility index (Phi) is 6.80. The molecule has 31 heavy (non-hydrogen) atoms. The zero-order valence-corrected chi connectivity index (χ0v) is 19.0. The van der Waals surface area contributed by atoms with Crippen LogP contribution >= 0.6 is 0 Å². The predicted octanol–water partition coefficient (Wildman–Crippen LogP) is 3.54. The van der Waals surface area contributed by atoms with E-state index in [9.17, 15) is 13.2 Å². The quantitative estimate of drug-likeness (QED) is 0.534. The minimum Gasteiger partial charge on any atom is -0.489 e. The van der Waals surface area contributed by atoms with E-state index < -0.39 is 15.9 Å². The number of rotatable bonds is 8. The van der Waals surface area contributed by atoms with Crippen molar-refractivity contribution in [2.75, 3.05) is 10.6 Å². The Morgan fingerprint density at radius 3 is 2.23 bits per heavy atom. The molecule has 1 heterocycles. The number of benzene rings is 2. The number of aromatic nitrogens is 2. The third-order valence-corrected chi connectivity index (χ3v) is 6.08. The number of amides is 1. The highest BCUT2D eigenvalue weighted by atomic mass is 32.2. The van der Waals surface area contributed by atoms with Crippen molar-refractivity contribution in [2.24, 2.45) is 7.05 Å². The highest BCUT2D eigenvalue weighted by Crippen LogP contribution is 2.27. The molecule has 3 rings (SSSR count). The maximum Gasteiger partial charge on any atom is 0.241 e. The topological polar surface area (TPSA) is 81.5 Å². The smallest absolute Gasteiger partial charge is 0.241 e. The normalized spacial score (nSPS) is 11.4. The van der Waals surface area contributed by atoms with Gasteiger partial charge in [-0.25, -0.2) is 12.7 Å². The van der Waals surface area contributed by atoms with E-state index in [0.717, 1.165) is 27.4 Å². The molecular formula is C23H27N3O4S. The van der Waals surface area contributed by atoms with Crippen LogP contribution in [-0.4, -0.2) is 30.4 Å². The van der Waals surface area contributed by atoms with E-state index in [1.165, 1.54) is 0 Å². The van der Waals surface area contributed by atoms with Crippen LogP contribution in [0.4, 0.5) is 5.69 Å². The van der Waals surface area contributed by atoms with E-state index in [0.29, 0.717) is 30.1 Å². The molecule has 2 aromatic carbocycles. The van der Waals surface area contributed by atoms with Gasteiger partial charge >= 0.3 is 0 Å². The molecule has 0 aliphatic rings. The molecule has 164 valence electrons. The monoisotopic (exact) mass is 441 g/mol. The number of hydrogen-bond acceptors (Lipinski definition) is 5. The number of sulfonamides is 1. The lowest BCUT2D eigenvalue weighted by molar-refractivity contribution is -0.117. The van der Waals surface area contributed by atoms with Gasteiger partial charge in [0.15, 0.2) is 0 Å². The molecule has 0 aliphatic heterocycles. The molecule has 0 spiro atoms. The molecule has 1 amide bonds. The third-order valence-electron chi connectivity index (χ3n) is 5.03. The Labute approximate surface area is 183 Å². The summed E-state index contributed by atoms with van der Waals surface area (Å²) in [7, 11) is -2.06. The van der Waals surface area contributed by atoms with Crippen LogP contribution in [-0.2, 0) is 34.9 Å². The van der Waals surface area contributed by atoms with Crippen LogP contribution in [0.15, 0.2) is 54.6 Å². The van der Waals surface area contributed by atoms with Gasteiger partial charge in [0.05, 0.1) is 17.6 Å². The Morgan fingerprint density at radius 1 is 1.03 bits per heavy atom. The van der Waals surface area contributed by atoms with Crippen molar-refractivity contribution >= 4 is 21.6 Å². The lowest BCUT2D eigenvalue weighted by Gasteiger charge is -2.21. The molecule has 0 fully saturated rings. The number of aryl methyl sites for hydroxylation is 3. The number of anilines is 1. The summed E-state index contributed by atoms with van der Waals surface area (Å²) in [4.78, 5) is 12.9. The second kappa shape index (κ2) is 9.34. The fourth-order valence-corrected chi connectivity index (χ4v) is 4.43. The summed E-state index contributed by atoms with van der Waals surface area (Å²) in [6.07, 6.45) is 1.52. The lowest BCUT2D eigenvalue weighted by atomic mass is 10.1. The average Bonchev–Trinajstić information content (AvgIpc) is 2.97. The van der Waals surface area contributed by atoms with Crippen molar-refractivity contribution < 1.29 is 17.9 Å².